The molecule has 4 saturated heterocycles. The van der Waals surface area contributed by atoms with E-state index in [0.29, 0.717) is 0 Å². The molecule has 7 rings (SSSR count). The SMILES string of the molecule is [Cl-].c1cc2c(cc1N1C3CCC1CC3)Sc1cc(N3C4CCC3CC4)ccc1N2. The summed E-state index contributed by atoms with van der Waals surface area (Å²) in [5.41, 5.74) is 5.41. The molecule has 0 aromatic heterocycles. The minimum absolute atomic E-state index is 0. The minimum atomic E-state index is 0. The molecule has 4 fully saturated rings. The number of hydrogen-bond donors (Lipinski definition) is 1. The Morgan fingerprint density at radius 2 is 1.00 bits per heavy atom. The van der Waals surface area contributed by atoms with E-state index in [4.69, 9.17) is 0 Å². The Morgan fingerprint density at radius 3 is 1.38 bits per heavy atom. The zero-order valence-electron chi connectivity index (χ0n) is 16.6. The van der Waals surface area contributed by atoms with Gasteiger partial charge in [-0.15, -0.1) is 0 Å². The van der Waals surface area contributed by atoms with Crippen molar-refractivity contribution in [1.82, 2.24) is 0 Å². The first kappa shape index (κ1) is 18.3. The monoisotopic (exact) mass is 424 g/mol. The van der Waals surface area contributed by atoms with Crippen molar-refractivity contribution in [2.24, 2.45) is 0 Å². The van der Waals surface area contributed by atoms with Crippen LogP contribution in [0, 0.1) is 0 Å². The van der Waals surface area contributed by atoms with E-state index in [2.05, 4.69) is 51.5 Å². The maximum absolute atomic E-state index is 3.69. The van der Waals surface area contributed by atoms with Crippen molar-refractivity contribution in [2.75, 3.05) is 15.1 Å². The summed E-state index contributed by atoms with van der Waals surface area (Å²) in [6.45, 7) is 0. The lowest BCUT2D eigenvalue weighted by atomic mass is 10.0. The third-order valence-electron chi connectivity index (χ3n) is 7.92. The lowest BCUT2D eigenvalue weighted by molar-refractivity contribution is -0.00000545. The van der Waals surface area contributed by atoms with Gasteiger partial charge in [-0.2, -0.15) is 0 Å². The van der Waals surface area contributed by atoms with E-state index in [1.807, 2.05) is 11.8 Å². The standard InChI is InChI=1S/C24H27N3S.ClH/c1-2-16-4-3-15(1)26(16)19-9-11-21-23(13-19)28-24-14-20(10-12-22(24)25-21)27-17-5-6-18(27)8-7-17;/h9-18,25H,1-8H2;1H/p-1. The molecule has 0 atom stereocenters. The van der Waals surface area contributed by atoms with Crippen LogP contribution < -0.4 is 27.5 Å². The maximum atomic E-state index is 3.69. The van der Waals surface area contributed by atoms with E-state index in [-0.39, 0.29) is 12.4 Å². The van der Waals surface area contributed by atoms with Crippen molar-refractivity contribution in [3.05, 3.63) is 36.4 Å². The van der Waals surface area contributed by atoms with Gasteiger partial charge < -0.3 is 27.5 Å². The van der Waals surface area contributed by atoms with Crippen LogP contribution >= 0.6 is 11.8 Å². The van der Waals surface area contributed by atoms with Crippen LogP contribution in [0.2, 0.25) is 0 Å². The van der Waals surface area contributed by atoms with E-state index in [1.54, 1.807) is 0 Å². The van der Waals surface area contributed by atoms with Crippen LogP contribution in [-0.4, -0.2) is 24.2 Å². The Labute approximate surface area is 183 Å². The summed E-state index contributed by atoms with van der Waals surface area (Å²) < 4.78 is 0. The highest BCUT2D eigenvalue weighted by molar-refractivity contribution is 7.99. The molecule has 5 aliphatic heterocycles. The van der Waals surface area contributed by atoms with Gasteiger partial charge in [0, 0.05) is 45.3 Å². The van der Waals surface area contributed by atoms with Gasteiger partial charge in [0.2, 0.25) is 0 Å². The smallest absolute Gasteiger partial charge is 0.0527 e. The third kappa shape index (κ3) is 2.71. The summed E-state index contributed by atoms with van der Waals surface area (Å²) in [6.07, 6.45) is 11.1. The van der Waals surface area contributed by atoms with Crippen LogP contribution in [0.4, 0.5) is 22.7 Å². The number of rotatable bonds is 2. The fraction of sp³-hybridized carbons (Fsp3) is 0.500. The number of nitrogens with zero attached hydrogens (tertiary/aromatic N) is 2. The number of nitrogens with one attached hydrogen (secondary N) is 1. The zero-order valence-corrected chi connectivity index (χ0v) is 18.2. The molecule has 0 aliphatic carbocycles. The highest BCUT2D eigenvalue weighted by Crippen LogP contribution is 2.50. The van der Waals surface area contributed by atoms with Crippen molar-refractivity contribution in [2.45, 2.75) is 85.3 Å². The van der Waals surface area contributed by atoms with Gasteiger partial charge in [0.15, 0.2) is 0 Å². The van der Waals surface area contributed by atoms with Gasteiger partial charge in [0.1, 0.15) is 0 Å². The lowest BCUT2D eigenvalue weighted by Crippen LogP contribution is -3.00. The second kappa shape index (κ2) is 6.75. The second-order valence-corrected chi connectivity index (χ2v) is 10.4. The van der Waals surface area contributed by atoms with E-state index in [9.17, 15) is 0 Å². The largest absolute Gasteiger partial charge is 1.00 e. The molecule has 0 amide bonds. The Balaban J connectivity index is 0.00000165. The molecule has 0 radical (unpaired) electrons. The minimum Gasteiger partial charge on any atom is -1.00 e. The molecule has 0 unspecified atom stereocenters. The predicted molar refractivity (Wildman–Crippen MR) is 117 cm³/mol. The molecule has 5 aliphatic rings. The van der Waals surface area contributed by atoms with Gasteiger partial charge in [-0.05, 0) is 87.8 Å². The van der Waals surface area contributed by atoms with E-state index < -0.39 is 0 Å². The average Bonchev–Trinajstić information content (AvgIpc) is 3.52. The molecule has 2 aromatic carbocycles. The van der Waals surface area contributed by atoms with Crippen LogP contribution in [0.15, 0.2) is 46.2 Å². The first-order valence-electron chi connectivity index (χ1n) is 11.1. The summed E-state index contributed by atoms with van der Waals surface area (Å²) >= 11 is 1.96. The van der Waals surface area contributed by atoms with Gasteiger partial charge in [-0.3, -0.25) is 0 Å². The van der Waals surface area contributed by atoms with Crippen LogP contribution in [0.3, 0.4) is 0 Å². The third-order valence-corrected chi connectivity index (χ3v) is 9.04. The van der Waals surface area contributed by atoms with E-state index in [0.717, 1.165) is 24.2 Å². The van der Waals surface area contributed by atoms with Gasteiger partial charge in [-0.1, -0.05) is 11.8 Å². The normalized spacial score (nSPS) is 30.8. The molecule has 2 aromatic rings. The molecule has 1 N–H and O–H groups in total. The van der Waals surface area contributed by atoms with Crippen LogP contribution in [0.5, 0.6) is 0 Å². The van der Waals surface area contributed by atoms with Crippen molar-refractivity contribution < 1.29 is 12.4 Å². The fourth-order valence-electron chi connectivity index (χ4n) is 6.65. The Hall–Kier alpha value is -1.52. The lowest BCUT2D eigenvalue weighted by Gasteiger charge is -2.29. The quantitative estimate of drug-likeness (QED) is 0.680. The fourth-order valence-corrected chi connectivity index (χ4v) is 7.71. The van der Waals surface area contributed by atoms with Crippen molar-refractivity contribution >= 4 is 34.5 Å². The molecule has 4 bridgehead atoms. The topological polar surface area (TPSA) is 18.5 Å². The summed E-state index contributed by atoms with van der Waals surface area (Å²) in [5.74, 6) is 0. The summed E-state index contributed by atoms with van der Waals surface area (Å²) in [6, 6.07) is 17.3. The molecular weight excluding hydrogens is 398 g/mol. The average molecular weight is 425 g/mol. The van der Waals surface area contributed by atoms with E-state index >= 15 is 0 Å². The number of anilines is 4. The zero-order chi connectivity index (χ0) is 18.2. The second-order valence-electron chi connectivity index (χ2n) is 9.33. The first-order chi connectivity index (χ1) is 13.8. The van der Waals surface area contributed by atoms with Gasteiger partial charge >= 0.3 is 0 Å². The molecule has 29 heavy (non-hydrogen) atoms. The number of benzene rings is 2. The molecule has 5 heteroatoms. The van der Waals surface area contributed by atoms with Crippen LogP contribution in [0.25, 0.3) is 0 Å². The number of halogens is 1. The van der Waals surface area contributed by atoms with Crippen LogP contribution in [-0.2, 0) is 0 Å². The van der Waals surface area contributed by atoms with Crippen molar-refractivity contribution in [1.29, 1.82) is 0 Å². The van der Waals surface area contributed by atoms with Gasteiger partial charge in [-0.25, -0.2) is 0 Å². The van der Waals surface area contributed by atoms with Crippen LogP contribution in [0.1, 0.15) is 51.4 Å². The number of fused-ring (bicyclic) bond motifs is 6. The Kier molecular flexibility index (Phi) is 4.25. The maximum Gasteiger partial charge on any atom is 0.0527 e. The molecule has 0 spiro atoms. The van der Waals surface area contributed by atoms with Crippen molar-refractivity contribution in [3.8, 4) is 0 Å². The molecule has 0 saturated carbocycles. The molecule has 152 valence electrons. The summed E-state index contributed by atoms with van der Waals surface area (Å²) in [4.78, 5) is 8.21. The predicted octanol–water partition coefficient (Wildman–Crippen LogP) is 3.16. The highest BCUT2D eigenvalue weighted by Gasteiger charge is 2.40. The van der Waals surface area contributed by atoms with Gasteiger partial charge in [0.25, 0.3) is 0 Å². The van der Waals surface area contributed by atoms with E-state index in [1.165, 1.54) is 83.9 Å². The first-order valence-corrected chi connectivity index (χ1v) is 11.9. The van der Waals surface area contributed by atoms with Crippen molar-refractivity contribution in [3.63, 3.8) is 0 Å². The molecule has 3 nitrogen and oxygen atoms in total. The summed E-state index contributed by atoms with van der Waals surface area (Å²) in [5, 5.41) is 3.69. The molecular formula is C24H27ClN3S-. The number of hydrogen-bond acceptors (Lipinski definition) is 4. The summed E-state index contributed by atoms with van der Waals surface area (Å²) in [7, 11) is 0. The molecule has 5 heterocycles. The Bertz CT molecular complexity index is 848. The van der Waals surface area contributed by atoms with Gasteiger partial charge in [0.05, 0.1) is 11.4 Å². The Morgan fingerprint density at radius 1 is 0.621 bits per heavy atom. The highest BCUT2D eigenvalue weighted by atomic mass is 35.5.